The van der Waals surface area contributed by atoms with Crippen LogP contribution in [0.1, 0.15) is 60.3 Å². The molecule has 0 saturated carbocycles. The van der Waals surface area contributed by atoms with Gasteiger partial charge in [0.2, 0.25) is 5.10 Å². The highest BCUT2D eigenvalue weighted by molar-refractivity contribution is 5.90. The third-order valence-corrected chi connectivity index (χ3v) is 6.87. The number of carbonyl (C=O) groups is 1. The Balaban J connectivity index is 1.39. The minimum atomic E-state index is -0.0986. The number of carbonyl (C=O) groups excluding carboxylic acids is 1. The van der Waals surface area contributed by atoms with E-state index in [1.807, 2.05) is 25.2 Å². The van der Waals surface area contributed by atoms with Crippen molar-refractivity contribution < 1.29 is 19.1 Å². The number of ether oxygens (including phenoxy) is 1. The standard InChI is InChI=1S/C31H40N4O4/c1-23(15-16-27-25(3)12-9-18-31(27,4)5)10-8-11-24(2)22-26(36)17-20-39-21-19-32-30-33-35(38)29-14-7-6-13-28(29)34(30)37/h6-8,10-11,13-16,22H,9,12,17-21H2,1-5H3,(H,32,33)/b11-8+,16-15+,23-10+,24-22+. The fourth-order valence-corrected chi connectivity index (χ4v) is 4.72. The quantitative estimate of drug-likeness (QED) is 0.129. The number of rotatable bonds is 12. The van der Waals surface area contributed by atoms with Gasteiger partial charge in [0, 0.05) is 17.3 Å². The molecule has 1 N–H and O–H groups in total. The lowest BCUT2D eigenvalue weighted by molar-refractivity contribution is -0.672. The van der Waals surface area contributed by atoms with E-state index in [9.17, 15) is 15.2 Å². The van der Waals surface area contributed by atoms with Gasteiger partial charge in [-0.25, -0.2) is 4.73 Å². The lowest BCUT2D eigenvalue weighted by Crippen LogP contribution is -2.44. The van der Waals surface area contributed by atoms with Crippen molar-refractivity contribution in [1.82, 2.24) is 5.10 Å². The second kappa shape index (κ2) is 13.8. The maximum Gasteiger partial charge on any atom is 0.461 e. The predicted molar refractivity (Wildman–Crippen MR) is 155 cm³/mol. The van der Waals surface area contributed by atoms with E-state index in [2.05, 4.69) is 50.3 Å². The van der Waals surface area contributed by atoms with Gasteiger partial charge in [-0.1, -0.05) is 67.5 Å². The highest BCUT2D eigenvalue weighted by Gasteiger charge is 2.26. The third kappa shape index (κ3) is 8.61. The fourth-order valence-electron chi connectivity index (χ4n) is 4.72. The van der Waals surface area contributed by atoms with E-state index >= 15 is 0 Å². The number of hydrogen-bond donors (Lipinski definition) is 1. The maximum atomic E-state index is 12.4. The monoisotopic (exact) mass is 532 g/mol. The fraction of sp³-hybridized carbons (Fsp3) is 0.419. The second-order valence-corrected chi connectivity index (χ2v) is 10.7. The molecule has 0 atom stereocenters. The largest absolute Gasteiger partial charge is 0.739 e. The van der Waals surface area contributed by atoms with Crippen molar-refractivity contribution in [3.63, 3.8) is 0 Å². The van der Waals surface area contributed by atoms with Gasteiger partial charge < -0.3 is 15.2 Å². The molecule has 3 rings (SSSR count). The zero-order chi connectivity index (χ0) is 28.4. The number of para-hydroxylation sites is 2. The van der Waals surface area contributed by atoms with Crippen molar-refractivity contribution in [3.8, 4) is 0 Å². The molecule has 1 aromatic heterocycles. The average Bonchev–Trinajstić information content (AvgIpc) is 2.88. The molecule has 0 radical (unpaired) electrons. The molecule has 0 unspecified atom stereocenters. The first-order chi connectivity index (χ1) is 18.6. The minimum absolute atomic E-state index is 0.0198. The molecule has 8 heteroatoms. The van der Waals surface area contributed by atoms with E-state index < -0.39 is 0 Å². The average molecular weight is 533 g/mol. The molecule has 0 amide bonds. The molecule has 39 heavy (non-hydrogen) atoms. The number of ketones is 1. The molecule has 1 aliphatic rings. The first-order valence-corrected chi connectivity index (χ1v) is 13.5. The first-order valence-electron chi connectivity index (χ1n) is 13.5. The Morgan fingerprint density at radius 3 is 2.62 bits per heavy atom. The second-order valence-electron chi connectivity index (χ2n) is 10.7. The third-order valence-electron chi connectivity index (χ3n) is 6.87. The van der Waals surface area contributed by atoms with Crippen molar-refractivity contribution in [3.05, 3.63) is 93.4 Å². The zero-order valence-corrected chi connectivity index (χ0v) is 23.7. The van der Waals surface area contributed by atoms with E-state index in [4.69, 9.17) is 4.74 Å². The van der Waals surface area contributed by atoms with Crippen LogP contribution in [-0.4, -0.2) is 30.6 Å². The number of anilines is 1. The first kappa shape index (κ1) is 29.8. The molecule has 1 aromatic carbocycles. The molecular formula is C31H40N4O4. The van der Waals surface area contributed by atoms with E-state index in [0.29, 0.717) is 9.58 Å². The topological polar surface area (TPSA) is 105 Å². The summed E-state index contributed by atoms with van der Waals surface area (Å²) in [6.45, 7) is 11.6. The normalized spacial score (nSPS) is 16.5. The van der Waals surface area contributed by atoms with Crippen LogP contribution in [-0.2, 0) is 9.53 Å². The van der Waals surface area contributed by atoms with Crippen LogP contribution in [0, 0.1) is 15.8 Å². The Labute approximate surface area is 231 Å². The smallest absolute Gasteiger partial charge is 0.461 e. The van der Waals surface area contributed by atoms with Gasteiger partial charge in [0.15, 0.2) is 11.3 Å². The number of nitrogens with one attached hydrogen (secondary N) is 1. The molecule has 0 saturated heterocycles. The summed E-state index contributed by atoms with van der Waals surface area (Å²) in [7, 11) is 0. The number of hydrogen-bond acceptors (Lipinski definition) is 6. The zero-order valence-electron chi connectivity index (χ0n) is 23.7. The van der Waals surface area contributed by atoms with E-state index in [0.717, 1.165) is 11.1 Å². The summed E-state index contributed by atoms with van der Waals surface area (Å²) in [5.74, 6) is -0.118. The number of nitrogens with zero attached hydrogens (tertiary/aromatic N) is 3. The van der Waals surface area contributed by atoms with Crippen LogP contribution in [0.5, 0.6) is 0 Å². The van der Waals surface area contributed by atoms with Gasteiger partial charge in [-0.15, -0.1) is 0 Å². The van der Waals surface area contributed by atoms with Gasteiger partial charge in [0.25, 0.3) is 5.52 Å². The summed E-state index contributed by atoms with van der Waals surface area (Å²) in [5, 5.41) is 30.9. The van der Waals surface area contributed by atoms with Gasteiger partial charge in [0.05, 0.1) is 19.8 Å². The van der Waals surface area contributed by atoms with Crippen molar-refractivity contribution in [2.45, 2.75) is 60.3 Å². The van der Waals surface area contributed by atoms with E-state index in [1.165, 1.54) is 36.5 Å². The Morgan fingerprint density at radius 2 is 1.87 bits per heavy atom. The Bertz CT molecular complexity index is 1340. The lowest BCUT2D eigenvalue weighted by atomic mass is 9.72. The lowest BCUT2D eigenvalue weighted by Gasteiger charge is -2.32. The summed E-state index contributed by atoms with van der Waals surface area (Å²) in [5.41, 5.74) is 5.60. The van der Waals surface area contributed by atoms with Crippen LogP contribution in [0.25, 0.3) is 11.0 Å². The summed E-state index contributed by atoms with van der Waals surface area (Å²) < 4.78 is 6.08. The van der Waals surface area contributed by atoms with Crippen LogP contribution >= 0.6 is 0 Å². The number of fused-ring (bicyclic) bond motifs is 1. The molecular weight excluding hydrogens is 492 g/mol. The predicted octanol–water partition coefficient (Wildman–Crippen LogP) is 5.42. The molecule has 2 aromatic rings. The van der Waals surface area contributed by atoms with Gasteiger partial charge in [0.1, 0.15) is 0 Å². The Hall–Kier alpha value is -3.78. The molecule has 208 valence electrons. The SMILES string of the molecule is CC1=C(/C=C/C(C)=C/C=C/C(C)=C/C(=O)CCOCCNc2n[n+]([O-])c3ccccc3[n+]2[O-])C(C)(C)CCC1. The van der Waals surface area contributed by atoms with Crippen molar-refractivity contribution in [2.24, 2.45) is 5.41 Å². The van der Waals surface area contributed by atoms with Gasteiger partial charge >= 0.3 is 5.95 Å². The van der Waals surface area contributed by atoms with Crippen molar-refractivity contribution in [2.75, 3.05) is 25.1 Å². The van der Waals surface area contributed by atoms with Crippen LogP contribution < -0.4 is 14.9 Å². The van der Waals surface area contributed by atoms with Crippen LogP contribution in [0.4, 0.5) is 5.95 Å². The highest BCUT2D eigenvalue weighted by atomic mass is 16.5. The summed E-state index contributed by atoms with van der Waals surface area (Å²) in [4.78, 5) is 12.7. The van der Waals surface area contributed by atoms with Crippen LogP contribution in [0.15, 0.2) is 83.0 Å². The number of benzene rings is 1. The van der Waals surface area contributed by atoms with Gasteiger partial charge in [-0.2, -0.15) is 0 Å². The molecule has 0 aliphatic heterocycles. The van der Waals surface area contributed by atoms with Crippen molar-refractivity contribution in [1.29, 1.82) is 0 Å². The number of allylic oxidation sites excluding steroid dienone is 10. The summed E-state index contributed by atoms with van der Waals surface area (Å²) >= 11 is 0. The van der Waals surface area contributed by atoms with E-state index in [-0.39, 0.29) is 54.4 Å². The highest BCUT2D eigenvalue weighted by Crippen LogP contribution is 2.40. The molecule has 0 spiro atoms. The molecule has 8 nitrogen and oxygen atoms in total. The molecule has 1 aliphatic carbocycles. The van der Waals surface area contributed by atoms with Crippen molar-refractivity contribution >= 4 is 22.8 Å². The van der Waals surface area contributed by atoms with Crippen LogP contribution in [0.3, 0.4) is 0 Å². The Kier molecular flexibility index (Phi) is 10.6. The van der Waals surface area contributed by atoms with Gasteiger partial charge in [-0.3, -0.25) is 10.1 Å². The molecule has 1 heterocycles. The maximum absolute atomic E-state index is 12.4. The molecule has 0 bridgehead atoms. The Morgan fingerprint density at radius 1 is 1.13 bits per heavy atom. The minimum Gasteiger partial charge on any atom is -0.739 e. The van der Waals surface area contributed by atoms with E-state index in [1.54, 1.807) is 24.3 Å². The summed E-state index contributed by atoms with van der Waals surface area (Å²) in [6, 6.07) is 6.44. The van der Waals surface area contributed by atoms with Gasteiger partial charge in [-0.05, 0) is 68.7 Å². The molecule has 0 fully saturated rings. The number of aromatic nitrogens is 3. The summed E-state index contributed by atoms with van der Waals surface area (Å²) in [6.07, 6.45) is 15.9. The van der Waals surface area contributed by atoms with Crippen LogP contribution in [0.2, 0.25) is 0 Å².